The van der Waals surface area contributed by atoms with E-state index >= 15 is 0 Å². The van der Waals surface area contributed by atoms with Gasteiger partial charge < -0.3 is 15.3 Å². The SMILES string of the molecule is O=C(NC1CCN(C(=O)c2ccccn2)CC1)c1cc(Cl)cc(Cl)c1O. The maximum Gasteiger partial charge on any atom is 0.272 e. The summed E-state index contributed by atoms with van der Waals surface area (Å²) in [4.78, 5) is 30.6. The minimum Gasteiger partial charge on any atom is -0.506 e. The van der Waals surface area contributed by atoms with Crippen molar-refractivity contribution in [1.29, 1.82) is 0 Å². The summed E-state index contributed by atoms with van der Waals surface area (Å²) >= 11 is 11.7. The van der Waals surface area contributed by atoms with Gasteiger partial charge in [-0.05, 0) is 37.1 Å². The van der Waals surface area contributed by atoms with Crippen LogP contribution >= 0.6 is 23.2 Å². The Kier molecular flexibility index (Phi) is 5.64. The van der Waals surface area contributed by atoms with Crippen molar-refractivity contribution in [2.24, 2.45) is 0 Å². The van der Waals surface area contributed by atoms with Gasteiger partial charge in [-0.3, -0.25) is 14.6 Å². The molecule has 1 aromatic carbocycles. The molecule has 2 amide bonds. The first-order valence-corrected chi connectivity index (χ1v) is 8.90. The minimum atomic E-state index is -0.443. The molecule has 1 saturated heterocycles. The lowest BCUT2D eigenvalue weighted by molar-refractivity contribution is 0.0692. The van der Waals surface area contributed by atoms with Gasteiger partial charge in [-0.2, -0.15) is 0 Å². The van der Waals surface area contributed by atoms with Crippen LogP contribution in [0, 0.1) is 0 Å². The van der Waals surface area contributed by atoms with Gasteiger partial charge in [0.1, 0.15) is 11.4 Å². The zero-order valence-corrected chi connectivity index (χ0v) is 15.3. The van der Waals surface area contributed by atoms with Crippen LogP contribution in [0.2, 0.25) is 10.0 Å². The predicted molar refractivity (Wildman–Crippen MR) is 98.8 cm³/mol. The summed E-state index contributed by atoms with van der Waals surface area (Å²) in [6, 6.07) is 7.86. The second-order valence-electron chi connectivity index (χ2n) is 6.04. The van der Waals surface area contributed by atoms with Crippen LogP contribution in [0.1, 0.15) is 33.7 Å². The third-order valence-corrected chi connectivity index (χ3v) is 4.78. The van der Waals surface area contributed by atoms with Crippen LogP contribution in [0.15, 0.2) is 36.5 Å². The van der Waals surface area contributed by atoms with E-state index < -0.39 is 5.91 Å². The van der Waals surface area contributed by atoms with E-state index in [9.17, 15) is 14.7 Å². The first-order chi connectivity index (χ1) is 12.5. The van der Waals surface area contributed by atoms with E-state index in [1.54, 1.807) is 29.3 Å². The van der Waals surface area contributed by atoms with Gasteiger partial charge in [0.25, 0.3) is 11.8 Å². The number of nitrogens with one attached hydrogen (secondary N) is 1. The number of hydrogen-bond donors (Lipinski definition) is 2. The molecule has 2 heterocycles. The molecule has 1 aliphatic heterocycles. The summed E-state index contributed by atoms with van der Waals surface area (Å²) in [5, 5.41) is 13.1. The van der Waals surface area contributed by atoms with Gasteiger partial charge in [0.2, 0.25) is 0 Å². The number of carbonyl (C=O) groups excluding carboxylic acids is 2. The molecule has 0 spiro atoms. The van der Waals surface area contributed by atoms with E-state index in [1.807, 2.05) is 0 Å². The van der Waals surface area contributed by atoms with Crippen molar-refractivity contribution in [2.45, 2.75) is 18.9 Å². The molecule has 26 heavy (non-hydrogen) atoms. The Bertz CT molecular complexity index is 822. The number of phenolic OH excluding ortho intramolecular Hbond substituents is 1. The molecule has 0 saturated carbocycles. The monoisotopic (exact) mass is 393 g/mol. The van der Waals surface area contributed by atoms with Gasteiger partial charge in [0.15, 0.2) is 0 Å². The van der Waals surface area contributed by atoms with Gasteiger partial charge in [0.05, 0.1) is 10.6 Å². The zero-order valence-electron chi connectivity index (χ0n) is 13.8. The topological polar surface area (TPSA) is 82.5 Å². The van der Waals surface area contributed by atoms with Crippen LogP contribution in [-0.4, -0.2) is 45.9 Å². The lowest BCUT2D eigenvalue weighted by atomic mass is 10.0. The van der Waals surface area contributed by atoms with Crippen molar-refractivity contribution < 1.29 is 14.7 Å². The van der Waals surface area contributed by atoms with E-state index in [-0.39, 0.29) is 33.3 Å². The molecule has 8 heteroatoms. The normalized spacial score (nSPS) is 14.9. The van der Waals surface area contributed by atoms with Gasteiger partial charge >= 0.3 is 0 Å². The van der Waals surface area contributed by atoms with Crippen molar-refractivity contribution in [3.63, 3.8) is 0 Å². The quantitative estimate of drug-likeness (QED) is 0.838. The van der Waals surface area contributed by atoms with Crippen molar-refractivity contribution in [3.05, 3.63) is 57.8 Å². The maximum absolute atomic E-state index is 12.4. The molecule has 0 bridgehead atoms. The Morgan fingerprint density at radius 2 is 1.92 bits per heavy atom. The van der Waals surface area contributed by atoms with E-state index in [0.29, 0.717) is 31.6 Å². The minimum absolute atomic E-state index is 0.0263. The van der Waals surface area contributed by atoms with Crippen LogP contribution in [0.5, 0.6) is 5.75 Å². The highest BCUT2D eigenvalue weighted by Gasteiger charge is 2.26. The first kappa shape index (κ1) is 18.5. The summed E-state index contributed by atoms with van der Waals surface area (Å²) in [6.45, 7) is 1.03. The number of aromatic hydroxyl groups is 1. The highest BCUT2D eigenvalue weighted by atomic mass is 35.5. The third-order valence-electron chi connectivity index (χ3n) is 4.27. The van der Waals surface area contributed by atoms with Gasteiger partial charge in [-0.1, -0.05) is 29.3 Å². The van der Waals surface area contributed by atoms with Crippen LogP contribution < -0.4 is 5.32 Å². The standard InChI is InChI=1S/C18H17Cl2N3O3/c19-11-9-13(16(24)14(20)10-11)17(25)22-12-4-7-23(8-5-12)18(26)15-3-1-2-6-21-15/h1-3,6,9-10,12,24H,4-5,7-8H2,(H,22,25). The molecule has 0 atom stereocenters. The van der Waals surface area contributed by atoms with Crippen molar-refractivity contribution in [1.82, 2.24) is 15.2 Å². The van der Waals surface area contributed by atoms with Crippen molar-refractivity contribution in [2.75, 3.05) is 13.1 Å². The fraction of sp³-hybridized carbons (Fsp3) is 0.278. The van der Waals surface area contributed by atoms with Crippen molar-refractivity contribution in [3.8, 4) is 5.75 Å². The average molecular weight is 394 g/mol. The molecule has 136 valence electrons. The summed E-state index contributed by atoms with van der Waals surface area (Å²) < 4.78 is 0. The molecule has 2 N–H and O–H groups in total. The Balaban J connectivity index is 1.59. The van der Waals surface area contributed by atoms with Crippen LogP contribution in [0.4, 0.5) is 0 Å². The summed E-state index contributed by atoms with van der Waals surface area (Å²) in [6.07, 6.45) is 2.81. The van der Waals surface area contributed by atoms with E-state index in [0.717, 1.165) is 0 Å². The van der Waals surface area contributed by atoms with Crippen LogP contribution in [-0.2, 0) is 0 Å². The summed E-state index contributed by atoms with van der Waals surface area (Å²) in [5.41, 5.74) is 0.447. The van der Waals surface area contributed by atoms with Crippen LogP contribution in [0.25, 0.3) is 0 Å². The number of halogens is 2. The number of hydrogen-bond acceptors (Lipinski definition) is 4. The molecule has 1 aromatic heterocycles. The molecule has 1 fully saturated rings. The molecule has 1 aliphatic rings. The third kappa shape index (κ3) is 4.08. The number of rotatable bonds is 3. The predicted octanol–water partition coefficient (Wildman–Crippen LogP) is 3.13. The molecule has 0 aliphatic carbocycles. The Morgan fingerprint density at radius 1 is 1.19 bits per heavy atom. The number of carbonyl (C=O) groups is 2. The first-order valence-electron chi connectivity index (χ1n) is 8.15. The molecule has 0 radical (unpaired) electrons. The smallest absolute Gasteiger partial charge is 0.272 e. The van der Waals surface area contributed by atoms with E-state index in [1.165, 1.54) is 12.1 Å². The molecular formula is C18H17Cl2N3O3. The lowest BCUT2D eigenvalue weighted by Crippen LogP contribution is -2.46. The second-order valence-corrected chi connectivity index (χ2v) is 6.88. The maximum atomic E-state index is 12.4. The highest BCUT2D eigenvalue weighted by Crippen LogP contribution is 2.31. The molecular weight excluding hydrogens is 377 g/mol. The molecule has 0 unspecified atom stereocenters. The largest absolute Gasteiger partial charge is 0.506 e. The number of amides is 2. The fourth-order valence-corrected chi connectivity index (χ4v) is 3.37. The number of piperidine rings is 1. The van der Waals surface area contributed by atoms with Crippen molar-refractivity contribution >= 4 is 35.0 Å². The number of pyridine rings is 1. The van der Waals surface area contributed by atoms with Crippen LogP contribution in [0.3, 0.4) is 0 Å². The summed E-state index contributed by atoms with van der Waals surface area (Å²) in [5.74, 6) is -0.854. The van der Waals surface area contributed by atoms with Gasteiger partial charge in [0, 0.05) is 30.4 Å². The average Bonchev–Trinajstić information content (AvgIpc) is 2.65. The lowest BCUT2D eigenvalue weighted by Gasteiger charge is -2.32. The Morgan fingerprint density at radius 3 is 2.58 bits per heavy atom. The number of phenols is 1. The van der Waals surface area contributed by atoms with Gasteiger partial charge in [-0.15, -0.1) is 0 Å². The highest BCUT2D eigenvalue weighted by molar-refractivity contribution is 6.36. The molecule has 2 aromatic rings. The Labute approximate surface area is 160 Å². The number of aromatic nitrogens is 1. The van der Waals surface area contributed by atoms with E-state index in [4.69, 9.17) is 23.2 Å². The number of likely N-dealkylation sites (tertiary alicyclic amines) is 1. The van der Waals surface area contributed by atoms with E-state index in [2.05, 4.69) is 10.3 Å². The molecule has 3 rings (SSSR count). The Hall–Kier alpha value is -2.31. The number of nitrogens with zero attached hydrogens (tertiary/aromatic N) is 2. The van der Waals surface area contributed by atoms with Gasteiger partial charge in [-0.25, -0.2) is 0 Å². The number of benzene rings is 1. The fourth-order valence-electron chi connectivity index (χ4n) is 2.88. The second kappa shape index (κ2) is 7.93. The molecule has 6 nitrogen and oxygen atoms in total. The zero-order chi connectivity index (χ0) is 18.7. The summed E-state index contributed by atoms with van der Waals surface area (Å²) in [7, 11) is 0.